The Labute approximate surface area is 141 Å². The lowest BCUT2D eigenvalue weighted by molar-refractivity contribution is 0.0707. The Hall–Kier alpha value is -1.78. The molecule has 1 amide bonds. The van der Waals surface area contributed by atoms with Gasteiger partial charge in [0.15, 0.2) is 0 Å². The maximum absolute atomic E-state index is 12.5. The first-order valence-electron chi connectivity index (χ1n) is 7.96. The highest BCUT2D eigenvalue weighted by atomic mass is 32.2. The summed E-state index contributed by atoms with van der Waals surface area (Å²) in [6, 6.07) is 18.5. The number of aliphatic hydroxyl groups is 1. The molecule has 0 aromatic heterocycles. The first-order chi connectivity index (χ1) is 11.3. The van der Waals surface area contributed by atoms with Crippen LogP contribution in [0.1, 0.15) is 28.8 Å². The van der Waals surface area contributed by atoms with Crippen molar-refractivity contribution in [2.45, 2.75) is 29.5 Å². The Balaban J connectivity index is 1.61. The molecule has 1 fully saturated rings. The van der Waals surface area contributed by atoms with Gasteiger partial charge in [-0.3, -0.25) is 4.79 Å². The van der Waals surface area contributed by atoms with Gasteiger partial charge in [0.2, 0.25) is 0 Å². The number of benzene rings is 2. The molecule has 1 N–H and O–H groups in total. The molecule has 0 spiro atoms. The lowest BCUT2D eigenvalue weighted by atomic mass is 10.1. The molecule has 1 saturated carbocycles. The van der Waals surface area contributed by atoms with E-state index in [1.807, 2.05) is 42.5 Å². The molecule has 3 rings (SSSR count). The summed E-state index contributed by atoms with van der Waals surface area (Å²) in [6.45, 7) is 0.448. The first-order valence-corrected chi connectivity index (χ1v) is 8.95. The van der Waals surface area contributed by atoms with E-state index in [0.29, 0.717) is 18.2 Å². The Kier molecular flexibility index (Phi) is 5.36. The van der Waals surface area contributed by atoms with Crippen LogP contribution in [0.4, 0.5) is 0 Å². The number of aliphatic hydroxyl groups excluding tert-OH is 1. The number of nitrogens with zero attached hydrogens (tertiary/aromatic N) is 1. The number of carbonyl (C=O) groups is 1. The monoisotopic (exact) mass is 327 g/mol. The molecule has 0 atom stereocenters. The molecule has 0 radical (unpaired) electrons. The second-order valence-corrected chi connectivity index (χ2v) is 6.80. The summed E-state index contributed by atoms with van der Waals surface area (Å²) >= 11 is 1.79. The Morgan fingerprint density at radius 3 is 2.39 bits per heavy atom. The highest BCUT2D eigenvalue weighted by Crippen LogP contribution is 2.28. The van der Waals surface area contributed by atoms with Crippen molar-refractivity contribution in [1.82, 2.24) is 4.90 Å². The maximum atomic E-state index is 12.5. The van der Waals surface area contributed by atoms with Crippen molar-refractivity contribution in [2.24, 2.45) is 0 Å². The van der Waals surface area contributed by atoms with Crippen LogP contribution in [0, 0.1) is 0 Å². The van der Waals surface area contributed by atoms with Crippen LogP contribution in [0.2, 0.25) is 0 Å². The highest BCUT2D eigenvalue weighted by Gasteiger charge is 2.32. The van der Waals surface area contributed by atoms with Crippen molar-refractivity contribution >= 4 is 17.7 Å². The summed E-state index contributed by atoms with van der Waals surface area (Å²) in [7, 11) is 0. The SMILES string of the molecule is O=C(c1ccc(CSc2ccccc2)cc1)N(CCO)C1CC1. The molecule has 0 unspecified atom stereocenters. The number of amides is 1. The van der Waals surface area contributed by atoms with Gasteiger partial charge in [0, 0.05) is 28.8 Å². The first kappa shape index (κ1) is 16.1. The van der Waals surface area contributed by atoms with Crippen LogP contribution in [0.15, 0.2) is 59.5 Å². The molecule has 0 aliphatic heterocycles. The van der Waals surface area contributed by atoms with Gasteiger partial charge in [-0.25, -0.2) is 0 Å². The molecule has 2 aromatic carbocycles. The zero-order valence-corrected chi connectivity index (χ0v) is 13.8. The average molecular weight is 327 g/mol. The molecule has 0 bridgehead atoms. The van der Waals surface area contributed by atoms with E-state index in [0.717, 1.165) is 18.6 Å². The van der Waals surface area contributed by atoms with Crippen LogP contribution in [0.5, 0.6) is 0 Å². The van der Waals surface area contributed by atoms with E-state index in [4.69, 9.17) is 5.11 Å². The molecular formula is C19H21NO2S. The summed E-state index contributed by atoms with van der Waals surface area (Å²) in [5.41, 5.74) is 1.91. The number of rotatable bonds is 7. The van der Waals surface area contributed by atoms with Gasteiger partial charge in [0.25, 0.3) is 5.91 Å². The number of hydrogen-bond acceptors (Lipinski definition) is 3. The van der Waals surface area contributed by atoms with Crippen molar-refractivity contribution in [3.05, 3.63) is 65.7 Å². The predicted octanol–water partition coefficient (Wildman–Crippen LogP) is 3.58. The van der Waals surface area contributed by atoms with E-state index in [2.05, 4.69) is 12.1 Å². The topological polar surface area (TPSA) is 40.5 Å². The Bertz CT molecular complexity index is 638. The second kappa shape index (κ2) is 7.66. The van der Waals surface area contributed by atoms with Crippen molar-refractivity contribution < 1.29 is 9.90 Å². The molecule has 120 valence electrons. The minimum absolute atomic E-state index is 0.0219. The fourth-order valence-corrected chi connectivity index (χ4v) is 3.41. The van der Waals surface area contributed by atoms with Crippen LogP contribution >= 0.6 is 11.8 Å². The predicted molar refractivity (Wildman–Crippen MR) is 93.6 cm³/mol. The Morgan fingerprint density at radius 1 is 1.09 bits per heavy atom. The standard InChI is InChI=1S/C19H21NO2S/c21-13-12-20(17-10-11-17)19(22)16-8-6-15(7-9-16)14-23-18-4-2-1-3-5-18/h1-9,17,21H,10-14H2. The molecule has 0 saturated heterocycles. The van der Waals surface area contributed by atoms with Gasteiger partial charge in [-0.15, -0.1) is 11.8 Å². The lowest BCUT2D eigenvalue weighted by Gasteiger charge is -2.21. The molecule has 23 heavy (non-hydrogen) atoms. The zero-order chi connectivity index (χ0) is 16.1. The van der Waals surface area contributed by atoms with Gasteiger partial charge in [0.1, 0.15) is 0 Å². The van der Waals surface area contributed by atoms with Crippen molar-refractivity contribution in [1.29, 1.82) is 0 Å². The normalized spacial score (nSPS) is 13.8. The van der Waals surface area contributed by atoms with E-state index in [9.17, 15) is 4.79 Å². The summed E-state index contributed by atoms with van der Waals surface area (Å²) in [5.74, 6) is 0.922. The fourth-order valence-electron chi connectivity index (χ4n) is 2.54. The summed E-state index contributed by atoms with van der Waals surface area (Å²) < 4.78 is 0. The molecule has 4 heteroatoms. The third-order valence-electron chi connectivity index (χ3n) is 3.94. The summed E-state index contributed by atoms with van der Waals surface area (Å²) in [5, 5.41) is 9.13. The summed E-state index contributed by atoms with van der Waals surface area (Å²) in [6.07, 6.45) is 2.11. The second-order valence-electron chi connectivity index (χ2n) is 5.75. The van der Waals surface area contributed by atoms with Crippen LogP contribution in [0.25, 0.3) is 0 Å². The van der Waals surface area contributed by atoms with Crippen molar-refractivity contribution in [2.75, 3.05) is 13.2 Å². The Morgan fingerprint density at radius 2 is 1.78 bits per heavy atom. The van der Waals surface area contributed by atoms with E-state index in [1.54, 1.807) is 16.7 Å². The molecule has 0 heterocycles. The van der Waals surface area contributed by atoms with E-state index < -0.39 is 0 Å². The van der Waals surface area contributed by atoms with Gasteiger partial charge in [0.05, 0.1) is 6.61 Å². The van der Waals surface area contributed by atoms with Gasteiger partial charge in [-0.2, -0.15) is 0 Å². The smallest absolute Gasteiger partial charge is 0.254 e. The highest BCUT2D eigenvalue weighted by molar-refractivity contribution is 7.98. The van der Waals surface area contributed by atoms with Gasteiger partial charge in [-0.05, 0) is 42.7 Å². The van der Waals surface area contributed by atoms with Gasteiger partial charge >= 0.3 is 0 Å². The van der Waals surface area contributed by atoms with E-state index >= 15 is 0 Å². The summed E-state index contributed by atoms with van der Waals surface area (Å²) in [4.78, 5) is 15.6. The molecule has 3 nitrogen and oxygen atoms in total. The van der Waals surface area contributed by atoms with Gasteiger partial charge in [-0.1, -0.05) is 30.3 Å². The van der Waals surface area contributed by atoms with Crippen molar-refractivity contribution in [3.63, 3.8) is 0 Å². The molecular weight excluding hydrogens is 306 g/mol. The lowest BCUT2D eigenvalue weighted by Crippen LogP contribution is -2.35. The quantitative estimate of drug-likeness (QED) is 0.790. The number of hydrogen-bond donors (Lipinski definition) is 1. The fraction of sp³-hybridized carbons (Fsp3) is 0.316. The largest absolute Gasteiger partial charge is 0.395 e. The number of carbonyl (C=O) groups excluding carboxylic acids is 1. The third kappa shape index (κ3) is 4.36. The average Bonchev–Trinajstić information content (AvgIpc) is 3.43. The maximum Gasteiger partial charge on any atom is 0.254 e. The van der Waals surface area contributed by atoms with Crippen molar-refractivity contribution in [3.8, 4) is 0 Å². The minimum Gasteiger partial charge on any atom is -0.395 e. The third-order valence-corrected chi connectivity index (χ3v) is 5.02. The van der Waals surface area contributed by atoms with Gasteiger partial charge < -0.3 is 10.0 Å². The number of thioether (sulfide) groups is 1. The molecule has 1 aliphatic rings. The minimum atomic E-state index is 0.0219. The van der Waals surface area contributed by atoms with Crippen LogP contribution < -0.4 is 0 Å². The molecule has 1 aliphatic carbocycles. The van der Waals surface area contributed by atoms with Crippen LogP contribution in [-0.4, -0.2) is 35.1 Å². The van der Waals surface area contributed by atoms with E-state index in [-0.39, 0.29) is 12.5 Å². The van der Waals surface area contributed by atoms with E-state index in [1.165, 1.54) is 10.5 Å². The molecule has 2 aromatic rings. The van der Waals surface area contributed by atoms with Crippen LogP contribution in [0.3, 0.4) is 0 Å². The van der Waals surface area contributed by atoms with Crippen LogP contribution in [-0.2, 0) is 5.75 Å². The zero-order valence-electron chi connectivity index (χ0n) is 13.0.